The molecule has 2 N–H and O–H groups in total. The monoisotopic (exact) mass is 362 g/mol. The Morgan fingerprint density at radius 1 is 1.26 bits per heavy atom. The van der Waals surface area contributed by atoms with E-state index in [2.05, 4.69) is 46.5 Å². The van der Waals surface area contributed by atoms with Crippen LogP contribution in [0.25, 0.3) is 22.6 Å². The zero-order valence-electron chi connectivity index (χ0n) is 15.2. The minimum absolute atomic E-state index is 0.0140. The van der Waals surface area contributed by atoms with Crippen LogP contribution in [0, 0.1) is 12.8 Å². The average Bonchev–Trinajstić information content (AvgIpc) is 3.38. The van der Waals surface area contributed by atoms with Gasteiger partial charge >= 0.3 is 0 Å². The highest BCUT2D eigenvalue weighted by molar-refractivity contribution is 5.79. The minimum Gasteiger partial charge on any atom is -0.381 e. The van der Waals surface area contributed by atoms with Gasteiger partial charge in [-0.3, -0.25) is 9.78 Å². The molecule has 0 radical (unpaired) electrons. The number of benzene rings is 1. The Bertz CT molecular complexity index is 913. The molecule has 1 aromatic carbocycles. The number of aryl methyl sites for hydroxylation is 1. The number of ether oxygens (including phenoxy) is 1. The van der Waals surface area contributed by atoms with Crippen LogP contribution in [0.3, 0.4) is 0 Å². The van der Waals surface area contributed by atoms with Crippen molar-refractivity contribution in [1.82, 2.24) is 20.3 Å². The Morgan fingerprint density at radius 3 is 2.81 bits per heavy atom. The third kappa shape index (κ3) is 3.90. The van der Waals surface area contributed by atoms with Crippen molar-refractivity contribution in [3.8, 4) is 22.6 Å². The fourth-order valence-corrected chi connectivity index (χ4v) is 3.18. The lowest BCUT2D eigenvalue weighted by molar-refractivity contribution is -0.125. The number of pyridine rings is 1. The molecule has 1 atom stereocenters. The average molecular weight is 362 g/mol. The highest BCUT2D eigenvalue weighted by Gasteiger charge is 2.23. The largest absolute Gasteiger partial charge is 0.381 e. The summed E-state index contributed by atoms with van der Waals surface area (Å²) in [7, 11) is 0. The number of carbonyl (C=O) groups is 1. The summed E-state index contributed by atoms with van der Waals surface area (Å²) in [5.41, 5.74) is 4.72. The molecule has 138 valence electrons. The van der Waals surface area contributed by atoms with Gasteiger partial charge in [-0.2, -0.15) is 0 Å². The van der Waals surface area contributed by atoms with Gasteiger partial charge in [-0.25, -0.2) is 4.98 Å². The molecule has 1 saturated heterocycles. The first-order valence-corrected chi connectivity index (χ1v) is 9.13. The van der Waals surface area contributed by atoms with Crippen LogP contribution in [0.15, 0.2) is 48.7 Å². The maximum atomic E-state index is 12.2. The van der Waals surface area contributed by atoms with Gasteiger partial charge in [-0.15, -0.1) is 0 Å². The molecule has 1 amide bonds. The van der Waals surface area contributed by atoms with E-state index in [0.29, 0.717) is 25.6 Å². The topological polar surface area (TPSA) is 79.9 Å². The molecule has 0 unspecified atom stereocenters. The molecule has 3 heterocycles. The van der Waals surface area contributed by atoms with Crippen LogP contribution in [-0.2, 0) is 16.1 Å². The second-order valence-electron chi connectivity index (χ2n) is 6.77. The van der Waals surface area contributed by atoms with E-state index in [0.717, 1.165) is 29.1 Å². The number of carbonyl (C=O) groups excluding carboxylic acids is 1. The van der Waals surface area contributed by atoms with Gasteiger partial charge in [0.2, 0.25) is 5.91 Å². The van der Waals surface area contributed by atoms with Gasteiger partial charge in [-0.05, 0) is 25.5 Å². The van der Waals surface area contributed by atoms with Crippen LogP contribution in [-0.4, -0.2) is 34.1 Å². The van der Waals surface area contributed by atoms with Crippen LogP contribution in [0.1, 0.15) is 17.8 Å². The van der Waals surface area contributed by atoms with Crippen LogP contribution in [0.5, 0.6) is 0 Å². The third-order valence-electron chi connectivity index (χ3n) is 4.73. The molecule has 6 nitrogen and oxygen atoms in total. The van der Waals surface area contributed by atoms with Gasteiger partial charge in [0.05, 0.1) is 36.2 Å². The Hall–Kier alpha value is -2.99. The molecule has 6 heteroatoms. The quantitative estimate of drug-likeness (QED) is 0.731. The van der Waals surface area contributed by atoms with Gasteiger partial charge in [-0.1, -0.05) is 35.9 Å². The van der Waals surface area contributed by atoms with Gasteiger partial charge < -0.3 is 15.0 Å². The molecule has 1 aliphatic rings. The standard InChI is InChI=1S/C21H22N4O2/c1-14-5-7-15(8-6-14)19-20(17-4-2-3-10-22-17)25-18(24-19)12-23-21(26)16-9-11-27-13-16/h2-8,10,16H,9,11-13H2,1H3,(H,23,26)(H,24,25)/t16-/m0/s1. The first-order chi connectivity index (χ1) is 13.2. The molecule has 1 fully saturated rings. The molecule has 0 bridgehead atoms. The Labute approximate surface area is 158 Å². The minimum atomic E-state index is -0.0632. The van der Waals surface area contributed by atoms with Crippen molar-refractivity contribution < 1.29 is 9.53 Å². The summed E-state index contributed by atoms with van der Waals surface area (Å²) in [6, 6.07) is 14.0. The van der Waals surface area contributed by atoms with Gasteiger partial charge in [0.25, 0.3) is 0 Å². The van der Waals surface area contributed by atoms with E-state index in [4.69, 9.17) is 9.72 Å². The van der Waals surface area contributed by atoms with Gasteiger partial charge in [0.1, 0.15) is 5.82 Å². The van der Waals surface area contributed by atoms with Gasteiger partial charge in [0.15, 0.2) is 0 Å². The molecule has 1 aliphatic heterocycles. The van der Waals surface area contributed by atoms with Crippen molar-refractivity contribution in [2.45, 2.75) is 19.9 Å². The smallest absolute Gasteiger partial charge is 0.225 e. The van der Waals surface area contributed by atoms with Crippen LogP contribution in [0.4, 0.5) is 0 Å². The molecular formula is C21H22N4O2. The summed E-state index contributed by atoms with van der Waals surface area (Å²) in [6.07, 6.45) is 2.54. The Morgan fingerprint density at radius 2 is 2.11 bits per heavy atom. The van der Waals surface area contributed by atoms with E-state index in [1.54, 1.807) is 6.20 Å². The molecule has 3 aromatic rings. The van der Waals surface area contributed by atoms with E-state index in [9.17, 15) is 4.79 Å². The number of H-pyrrole nitrogens is 1. The molecule has 0 aliphatic carbocycles. The molecule has 2 aromatic heterocycles. The zero-order valence-corrected chi connectivity index (χ0v) is 15.2. The summed E-state index contributed by atoms with van der Waals surface area (Å²) in [6.45, 7) is 3.56. The first-order valence-electron chi connectivity index (χ1n) is 9.13. The zero-order chi connectivity index (χ0) is 18.6. The number of imidazole rings is 1. The van der Waals surface area contributed by atoms with Crippen LogP contribution < -0.4 is 5.32 Å². The summed E-state index contributed by atoms with van der Waals surface area (Å²) in [4.78, 5) is 24.8. The van der Waals surface area contributed by atoms with E-state index in [1.807, 2.05) is 18.2 Å². The van der Waals surface area contributed by atoms with Crippen molar-refractivity contribution in [2.24, 2.45) is 5.92 Å². The molecular weight excluding hydrogens is 340 g/mol. The fourth-order valence-electron chi connectivity index (χ4n) is 3.18. The third-order valence-corrected chi connectivity index (χ3v) is 4.73. The summed E-state index contributed by atoms with van der Waals surface area (Å²) < 4.78 is 5.29. The Balaban J connectivity index is 1.61. The molecule has 27 heavy (non-hydrogen) atoms. The number of aromatic amines is 1. The fraction of sp³-hybridized carbons (Fsp3) is 0.286. The SMILES string of the molecule is Cc1ccc(-c2nc(CNC(=O)[C@H]3CCOC3)[nH]c2-c2ccccn2)cc1. The van der Waals surface area contributed by atoms with E-state index in [1.165, 1.54) is 5.56 Å². The summed E-state index contributed by atoms with van der Waals surface area (Å²) in [5, 5.41) is 2.96. The number of nitrogens with one attached hydrogen (secondary N) is 2. The molecule has 0 saturated carbocycles. The van der Waals surface area contributed by atoms with E-state index < -0.39 is 0 Å². The Kier molecular flexibility index (Phi) is 4.98. The lowest BCUT2D eigenvalue weighted by Crippen LogP contribution is -2.30. The van der Waals surface area contributed by atoms with E-state index >= 15 is 0 Å². The highest BCUT2D eigenvalue weighted by Crippen LogP contribution is 2.29. The maximum Gasteiger partial charge on any atom is 0.225 e. The van der Waals surface area contributed by atoms with Crippen molar-refractivity contribution in [1.29, 1.82) is 0 Å². The lowest BCUT2D eigenvalue weighted by atomic mass is 10.1. The lowest BCUT2D eigenvalue weighted by Gasteiger charge is -2.07. The number of nitrogens with zero attached hydrogens (tertiary/aromatic N) is 2. The number of hydrogen-bond acceptors (Lipinski definition) is 4. The van der Waals surface area contributed by atoms with Crippen molar-refractivity contribution in [3.63, 3.8) is 0 Å². The maximum absolute atomic E-state index is 12.2. The summed E-state index contributed by atoms with van der Waals surface area (Å²) in [5.74, 6) is 0.658. The predicted octanol–water partition coefficient (Wildman–Crippen LogP) is 3.10. The van der Waals surface area contributed by atoms with Crippen molar-refractivity contribution in [3.05, 3.63) is 60.0 Å². The van der Waals surface area contributed by atoms with Crippen LogP contribution >= 0.6 is 0 Å². The number of rotatable bonds is 5. The predicted molar refractivity (Wildman–Crippen MR) is 103 cm³/mol. The van der Waals surface area contributed by atoms with E-state index in [-0.39, 0.29) is 11.8 Å². The summed E-state index contributed by atoms with van der Waals surface area (Å²) >= 11 is 0. The van der Waals surface area contributed by atoms with Crippen LogP contribution in [0.2, 0.25) is 0 Å². The highest BCUT2D eigenvalue weighted by atomic mass is 16.5. The normalized spacial score (nSPS) is 16.4. The number of hydrogen-bond donors (Lipinski definition) is 2. The van der Waals surface area contributed by atoms with Gasteiger partial charge in [0, 0.05) is 18.4 Å². The van der Waals surface area contributed by atoms with Crippen molar-refractivity contribution in [2.75, 3.05) is 13.2 Å². The molecule has 0 spiro atoms. The number of amides is 1. The second kappa shape index (κ2) is 7.72. The molecule has 4 rings (SSSR count). The van der Waals surface area contributed by atoms with Crippen molar-refractivity contribution >= 4 is 5.91 Å². The second-order valence-corrected chi connectivity index (χ2v) is 6.77. The number of aromatic nitrogens is 3. The first kappa shape index (κ1) is 17.4.